The molecule has 0 fully saturated rings. The van der Waals surface area contributed by atoms with Crippen molar-refractivity contribution in [2.45, 2.75) is 25.7 Å². The molecule has 3 aromatic rings. The highest BCUT2D eigenvalue weighted by Gasteiger charge is 2.22. The van der Waals surface area contributed by atoms with E-state index in [2.05, 4.69) is 0 Å². The molecular weight excluding hydrogens is 228 g/mol. The summed E-state index contributed by atoms with van der Waals surface area (Å²) in [7, 11) is 0. The number of fused-ring (bicyclic) bond motifs is 5. The Morgan fingerprint density at radius 1 is 1.00 bits per heavy atom. The van der Waals surface area contributed by atoms with Crippen molar-refractivity contribution >= 4 is 21.9 Å². The van der Waals surface area contributed by atoms with E-state index in [1.807, 2.05) is 18.2 Å². The molecule has 0 saturated heterocycles. The number of hydrogen-bond donors (Lipinski definition) is 0. The standard InChI is InChI=1S/C15H12O3/c16-15-13-9-5-1-3-7-11(9)17-14(13)10-6-2-4-8-12(10)18-15/h2,4,6,8H,1,3,5,7H2. The van der Waals surface area contributed by atoms with Gasteiger partial charge in [-0.25, -0.2) is 4.79 Å². The summed E-state index contributed by atoms with van der Waals surface area (Å²) in [6.07, 6.45) is 4.10. The summed E-state index contributed by atoms with van der Waals surface area (Å²) in [6, 6.07) is 7.54. The molecule has 1 aromatic carbocycles. The molecule has 0 N–H and O–H groups in total. The van der Waals surface area contributed by atoms with E-state index in [9.17, 15) is 4.79 Å². The first-order chi connectivity index (χ1) is 8.84. The average molecular weight is 240 g/mol. The zero-order valence-electron chi connectivity index (χ0n) is 9.86. The van der Waals surface area contributed by atoms with E-state index >= 15 is 0 Å². The van der Waals surface area contributed by atoms with E-state index in [0.29, 0.717) is 16.6 Å². The van der Waals surface area contributed by atoms with Crippen LogP contribution in [-0.2, 0) is 12.8 Å². The molecule has 2 aromatic heterocycles. The second kappa shape index (κ2) is 3.48. The predicted octanol–water partition coefficient (Wildman–Crippen LogP) is 3.42. The van der Waals surface area contributed by atoms with Gasteiger partial charge >= 0.3 is 5.63 Å². The highest BCUT2D eigenvalue weighted by atomic mass is 16.4. The van der Waals surface area contributed by atoms with Gasteiger partial charge in [-0.15, -0.1) is 0 Å². The maximum absolute atomic E-state index is 12.1. The SMILES string of the molecule is O=c1oc2ccccc2c2oc3c(c12)CCCC3. The van der Waals surface area contributed by atoms with E-state index < -0.39 is 0 Å². The number of hydrogen-bond acceptors (Lipinski definition) is 3. The Bertz CT molecular complexity index is 808. The van der Waals surface area contributed by atoms with E-state index in [0.717, 1.165) is 42.4 Å². The van der Waals surface area contributed by atoms with Crippen LogP contribution in [0.2, 0.25) is 0 Å². The van der Waals surface area contributed by atoms with Crippen LogP contribution in [0.3, 0.4) is 0 Å². The van der Waals surface area contributed by atoms with Gasteiger partial charge in [0.1, 0.15) is 16.7 Å². The Morgan fingerprint density at radius 2 is 1.83 bits per heavy atom. The Labute approximate surface area is 103 Å². The predicted molar refractivity (Wildman–Crippen MR) is 68.9 cm³/mol. The summed E-state index contributed by atoms with van der Waals surface area (Å²) in [5.74, 6) is 0.972. The van der Waals surface area contributed by atoms with Gasteiger partial charge in [-0.1, -0.05) is 12.1 Å². The van der Waals surface area contributed by atoms with Gasteiger partial charge in [0.25, 0.3) is 0 Å². The summed E-state index contributed by atoms with van der Waals surface area (Å²) in [5, 5.41) is 1.55. The van der Waals surface area contributed by atoms with Crippen LogP contribution in [0.25, 0.3) is 21.9 Å². The molecule has 4 rings (SSSR count). The summed E-state index contributed by atoms with van der Waals surface area (Å²) in [6.45, 7) is 0. The van der Waals surface area contributed by atoms with Crippen LogP contribution in [0.5, 0.6) is 0 Å². The molecule has 0 unspecified atom stereocenters. The lowest BCUT2D eigenvalue weighted by Gasteiger charge is -2.07. The lowest BCUT2D eigenvalue weighted by Crippen LogP contribution is -2.04. The van der Waals surface area contributed by atoms with Crippen molar-refractivity contribution in [2.75, 3.05) is 0 Å². The number of furan rings is 1. The van der Waals surface area contributed by atoms with Crippen LogP contribution >= 0.6 is 0 Å². The van der Waals surface area contributed by atoms with Crippen LogP contribution in [0.15, 0.2) is 37.9 Å². The summed E-state index contributed by atoms with van der Waals surface area (Å²) < 4.78 is 11.3. The molecule has 0 spiro atoms. The smallest absolute Gasteiger partial charge is 0.347 e. The fourth-order valence-electron chi connectivity index (χ4n) is 2.87. The van der Waals surface area contributed by atoms with Gasteiger partial charge in [0.2, 0.25) is 0 Å². The van der Waals surface area contributed by atoms with Crippen molar-refractivity contribution < 1.29 is 8.83 Å². The Hall–Kier alpha value is -2.03. The second-order valence-electron chi connectivity index (χ2n) is 4.80. The molecule has 3 heteroatoms. The van der Waals surface area contributed by atoms with Crippen LogP contribution < -0.4 is 5.63 Å². The van der Waals surface area contributed by atoms with Crippen molar-refractivity contribution in [1.82, 2.24) is 0 Å². The molecule has 0 bridgehead atoms. The molecule has 2 heterocycles. The highest BCUT2D eigenvalue weighted by molar-refractivity contribution is 6.02. The van der Waals surface area contributed by atoms with Crippen molar-refractivity contribution in [3.8, 4) is 0 Å². The van der Waals surface area contributed by atoms with E-state index in [4.69, 9.17) is 8.83 Å². The summed E-state index contributed by atoms with van der Waals surface area (Å²) in [4.78, 5) is 12.1. The fraction of sp³-hybridized carbons (Fsp3) is 0.267. The van der Waals surface area contributed by atoms with E-state index in [1.54, 1.807) is 6.07 Å². The lowest BCUT2D eigenvalue weighted by molar-refractivity contribution is 0.507. The minimum absolute atomic E-state index is 0.268. The number of para-hydroxylation sites is 1. The maximum atomic E-state index is 12.1. The molecule has 0 aliphatic heterocycles. The quantitative estimate of drug-likeness (QED) is 0.565. The van der Waals surface area contributed by atoms with Crippen LogP contribution in [0, 0.1) is 0 Å². The average Bonchev–Trinajstić information content (AvgIpc) is 2.79. The molecule has 0 radical (unpaired) electrons. The van der Waals surface area contributed by atoms with Crippen LogP contribution in [-0.4, -0.2) is 0 Å². The molecule has 0 atom stereocenters. The second-order valence-corrected chi connectivity index (χ2v) is 4.80. The van der Waals surface area contributed by atoms with Gasteiger partial charge < -0.3 is 8.83 Å². The number of rotatable bonds is 0. The van der Waals surface area contributed by atoms with E-state index in [-0.39, 0.29) is 5.63 Å². The van der Waals surface area contributed by atoms with Gasteiger partial charge in [0.15, 0.2) is 5.58 Å². The zero-order valence-corrected chi connectivity index (χ0v) is 9.86. The molecule has 0 amide bonds. The lowest BCUT2D eigenvalue weighted by atomic mass is 9.96. The van der Waals surface area contributed by atoms with Crippen LogP contribution in [0.4, 0.5) is 0 Å². The van der Waals surface area contributed by atoms with Crippen molar-refractivity contribution in [1.29, 1.82) is 0 Å². The van der Waals surface area contributed by atoms with Crippen molar-refractivity contribution in [2.24, 2.45) is 0 Å². The first-order valence-electron chi connectivity index (χ1n) is 6.31. The Morgan fingerprint density at radius 3 is 2.78 bits per heavy atom. The normalized spacial score (nSPS) is 15.1. The molecule has 3 nitrogen and oxygen atoms in total. The number of aryl methyl sites for hydroxylation is 2. The van der Waals surface area contributed by atoms with Gasteiger partial charge in [-0.05, 0) is 31.4 Å². The third-order valence-corrected chi connectivity index (χ3v) is 3.71. The summed E-state index contributed by atoms with van der Waals surface area (Å²) >= 11 is 0. The Kier molecular flexibility index (Phi) is 1.92. The van der Waals surface area contributed by atoms with Gasteiger partial charge in [-0.3, -0.25) is 0 Å². The van der Waals surface area contributed by atoms with Crippen LogP contribution in [0.1, 0.15) is 24.2 Å². The largest absolute Gasteiger partial charge is 0.460 e. The molecule has 1 aliphatic carbocycles. The molecular formula is C15H12O3. The van der Waals surface area contributed by atoms with Gasteiger partial charge in [0, 0.05) is 12.0 Å². The first-order valence-corrected chi connectivity index (χ1v) is 6.31. The minimum Gasteiger partial charge on any atom is -0.460 e. The topological polar surface area (TPSA) is 43.4 Å². The first kappa shape index (κ1) is 9.95. The monoisotopic (exact) mass is 240 g/mol. The van der Waals surface area contributed by atoms with Crippen molar-refractivity contribution in [3.05, 3.63) is 46.0 Å². The van der Waals surface area contributed by atoms with Gasteiger partial charge in [0.05, 0.1) is 5.39 Å². The third-order valence-electron chi connectivity index (χ3n) is 3.71. The Balaban J connectivity index is 2.25. The molecule has 0 saturated carbocycles. The molecule has 90 valence electrons. The maximum Gasteiger partial charge on any atom is 0.347 e. The fourth-order valence-corrected chi connectivity index (χ4v) is 2.87. The highest BCUT2D eigenvalue weighted by Crippen LogP contribution is 2.33. The van der Waals surface area contributed by atoms with Crippen molar-refractivity contribution in [3.63, 3.8) is 0 Å². The third kappa shape index (κ3) is 1.22. The number of benzene rings is 1. The molecule has 18 heavy (non-hydrogen) atoms. The van der Waals surface area contributed by atoms with E-state index in [1.165, 1.54) is 0 Å². The zero-order chi connectivity index (χ0) is 12.1. The minimum atomic E-state index is -0.268. The summed E-state index contributed by atoms with van der Waals surface area (Å²) in [5.41, 5.74) is 2.10. The molecule has 1 aliphatic rings. The van der Waals surface area contributed by atoms with Gasteiger partial charge in [-0.2, -0.15) is 0 Å².